The number of Topliss-reactive ketones (excluding diaryl/α,β-unsaturated/α-hetero) is 1. The number of carbonyl (C=O) groups is 3. The van der Waals surface area contributed by atoms with Gasteiger partial charge in [0.2, 0.25) is 0 Å². The van der Waals surface area contributed by atoms with Crippen molar-refractivity contribution in [2.45, 2.75) is 20.3 Å². The van der Waals surface area contributed by atoms with Gasteiger partial charge in [0.1, 0.15) is 0 Å². The molecule has 0 saturated carbocycles. The number of benzene rings is 1. The summed E-state index contributed by atoms with van der Waals surface area (Å²) in [6.45, 7) is 3.41. The van der Waals surface area contributed by atoms with Gasteiger partial charge in [0.05, 0.1) is 6.42 Å². The van der Waals surface area contributed by atoms with E-state index in [4.69, 9.17) is 5.11 Å². The van der Waals surface area contributed by atoms with Crippen LogP contribution in [0.15, 0.2) is 18.2 Å². The third-order valence-corrected chi connectivity index (χ3v) is 2.86. The van der Waals surface area contributed by atoms with E-state index >= 15 is 0 Å². The standard InChI is InChI=1S/C14H18N2O4/c1-9-8-11(4-5-12(9)10(2)17)15-14(20)16(3)7-6-13(18)19/h4-5,8H,6-7H2,1-3H3,(H,15,20)(H,18,19). The number of aliphatic carboxylic acids is 1. The quantitative estimate of drug-likeness (QED) is 0.808. The number of hydrogen-bond acceptors (Lipinski definition) is 3. The van der Waals surface area contributed by atoms with E-state index in [2.05, 4.69) is 5.32 Å². The van der Waals surface area contributed by atoms with Crippen molar-refractivity contribution in [1.82, 2.24) is 4.90 Å². The highest BCUT2D eigenvalue weighted by molar-refractivity contribution is 5.96. The average molecular weight is 278 g/mol. The highest BCUT2D eigenvalue weighted by Crippen LogP contribution is 2.16. The number of nitrogens with one attached hydrogen (secondary N) is 1. The number of rotatable bonds is 5. The molecule has 0 radical (unpaired) electrons. The first-order valence-electron chi connectivity index (χ1n) is 6.16. The molecule has 0 unspecified atom stereocenters. The molecule has 6 heteroatoms. The van der Waals surface area contributed by atoms with Crippen LogP contribution >= 0.6 is 0 Å². The molecule has 1 aromatic carbocycles. The van der Waals surface area contributed by atoms with Crippen molar-refractivity contribution in [1.29, 1.82) is 0 Å². The minimum absolute atomic E-state index is 0.0287. The normalized spacial score (nSPS) is 9.95. The predicted molar refractivity (Wildman–Crippen MR) is 75.1 cm³/mol. The van der Waals surface area contributed by atoms with Gasteiger partial charge in [-0.05, 0) is 37.6 Å². The Bertz CT molecular complexity index is 540. The Hall–Kier alpha value is -2.37. The van der Waals surface area contributed by atoms with Crippen molar-refractivity contribution in [3.05, 3.63) is 29.3 Å². The van der Waals surface area contributed by atoms with Crippen LogP contribution in [0, 0.1) is 6.92 Å². The molecule has 20 heavy (non-hydrogen) atoms. The lowest BCUT2D eigenvalue weighted by atomic mass is 10.1. The lowest BCUT2D eigenvalue weighted by Gasteiger charge is -2.17. The summed E-state index contributed by atoms with van der Waals surface area (Å²) in [7, 11) is 1.52. The van der Waals surface area contributed by atoms with Crippen LogP contribution in [-0.4, -0.2) is 41.4 Å². The summed E-state index contributed by atoms with van der Waals surface area (Å²) in [4.78, 5) is 34.9. The Morgan fingerprint density at radius 3 is 2.45 bits per heavy atom. The number of carboxylic acid groups (broad SMARTS) is 1. The molecule has 0 fully saturated rings. The maximum atomic E-state index is 11.8. The van der Waals surface area contributed by atoms with Gasteiger partial charge in [0.25, 0.3) is 0 Å². The molecule has 2 amide bonds. The fourth-order valence-electron chi connectivity index (χ4n) is 1.72. The maximum absolute atomic E-state index is 11.8. The van der Waals surface area contributed by atoms with Crippen LogP contribution < -0.4 is 5.32 Å². The SMILES string of the molecule is CC(=O)c1ccc(NC(=O)N(C)CCC(=O)O)cc1C. The van der Waals surface area contributed by atoms with Gasteiger partial charge >= 0.3 is 12.0 Å². The summed E-state index contributed by atoms with van der Waals surface area (Å²) in [5, 5.41) is 11.2. The molecule has 0 aliphatic heterocycles. The summed E-state index contributed by atoms with van der Waals surface area (Å²) >= 11 is 0. The fourth-order valence-corrected chi connectivity index (χ4v) is 1.72. The molecule has 108 valence electrons. The van der Waals surface area contributed by atoms with Gasteiger partial charge in [0.15, 0.2) is 5.78 Å². The van der Waals surface area contributed by atoms with Crippen LogP contribution in [0.5, 0.6) is 0 Å². The molecule has 1 aromatic rings. The van der Waals surface area contributed by atoms with E-state index in [1.807, 2.05) is 0 Å². The summed E-state index contributed by atoms with van der Waals surface area (Å²) in [5.41, 5.74) is 1.96. The van der Waals surface area contributed by atoms with E-state index in [-0.39, 0.29) is 24.8 Å². The summed E-state index contributed by atoms with van der Waals surface area (Å²) < 4.78 is 0. The smallest absolute Gasteiger partial charge is 0.321 e. The average Bonchev–Trinajstić information content (AvgIpc) is 2.35. The largest absolute Gasteiger partial charge is 0.481 e. The predicted octanol–water partition coefficient (Wildman–Crippen LogP) is 2.14. The van der Waals surface area contributed by atoms with Gasteiger partial charge in [-0.15, -0.1) is 0 Å². The van der Waals surface area contributed by atoms with E-state index in [9.17, 15) is 14.4 Å². The molecular formula is C14H18N2O4. The number of hydrogen-bond donors (Lipinski definition) is 2. The molecular weight excluding hydrogens is 260 g/mol. The first-order valence-corrected chi connectivity index (χ1v) is 6.16. The molecule has 0 spiro atoms. The van der Waals surface area contributed by atoms with Crippen molar-refractivity contribution in [3.63, 3.8) is 0 Å². The van der Waals surface area contributed by atoms with Crippen molar-refractivity contribution in [2.75, 3.05) is 18.9 Å². The van der Waals surface area contributed by atoms with Crippen LogP contribution in [0.1, 0.15) is 29.3 Å². The number of aryl methyl sites for hydroxylation is 1. The monoisotopic (exact) mass is 278 g/mol. The Morgan fingerprint density at radius 1 is 1.30 bits per heavy atom. The van der Waals surface area contributed by atoms with E-state index in [1.54, 1.807) is 25.1 Å². The van der Waals surface area contributed by atoms with Crippen molar-refractivity contribution in [2.24, 2.45) is 0 Å². The molecule has 0 aliphatic rings. The van der Waals surface area contributed by atoms with E-state index < -0.39 is 5.97 Å². The molecule has 6 nitrogen and oxygen atoms in total. The van der Waals surface area contributed by atoms with E-state index in [0.717, 1.165) is 5.56 Å². The second-order valence-corrected chi connectivity index (χ2v) is 4.58. The maximum Gasteiger partial charge on any atom is 0.321 e. The van der Waals surface area contributed by atoms with Crippen LogP contribution in [0.2, 0.25) is 0 Å². The number of carbonyl (C=O) groups excluding carboxylic acids is 2. The second kappa shape index (κ2) is 6.70. The van der Waals surface area contributed by atoms with Crippen molar-refractivity contribution < 1.29 is 19.5 Å². The van der Waals surface area contributed by atoms with Gasteiger partial charge in [0, 0.05) is 24.8 Å². The Kier molecular flexibility index (Phi) is 5.25. The van der Waals surface area contributed by atoms with Gasteiger partial charge in [-0.25, -0.2) is 4.79 Å². The summed E-state index contributed by atoms with van der Waals surface area (Å²) in [5.74, 6) is -0.981. The zero-order chi connectivity index (χ0) is 15.3. The third kappa shape index (κ3) is 4.38. The van der Waals surface area contributed by atoms with Crippen LogP contribution in [0.25, 0.3) is 0 Å². The van der Waals surface area contributed by atoms with Crippen LogP contribution in [0.4, 0.5) is 10.5 Å². The van der Waals surface area contributed by atoms with Gasteiger partial charge in [-0.3, -0.25) is 9.59 Å². The number of amides is 2. The minimum atomic E-state index is -0.952. The Labute approximate surface area is 117 Å². The fraction of sp³-hybridized carbons (Fsp3) is 0.357. The second-order valence-electron chi connectivity index (χ2n) is 4.58. The van der Waals surface area contributed by atoms with Crippen molar-refractivity contribution >= 4 is 23.5 Å². The zero-order valence-corrected chi connectivity index (χ0v) is 11.8. The van der Waals surface area contributed by atoms with Gasteiger partial charge < -0.3 is 15.3 Å². The number of nitrogens with zero attached hydrogens (tertiary/aromatic N) is 1. The molecule has 0 heterocycles. The molecule has 0 aromatic heterocycles. The van der Waals surface area contributed by atoms with Gasteiger partial charge in [-0.1, -0.05) is 0 Å². The molecule has 0 bridgehead atoms. The first-order chi connectivity index (χ1) is 9.31. The molecule has 0 saturated heterocycles. The van der Waals surface area contributed by atoms with Gasteiger partial charge in [-0.2, -0.15) is 0 Å². The summed E-state index contributed by atoms with van der Waals surface area (Å²) in [6, 6.07) is 4.62. The Balaban J connectivity index is 2.69. The van der Waals surface area contributed by atoms with Crippen LogP contribution in [0.3, 0.4) is 0 Å². The molecule has 2 N–H and O–H groups in total. The van der Waals surface area contributed by atoms with E-state index in [0.29, 0.717) is 11.3 Å². The number of urea groups is 1. The third-order valence-electron chi connectivity index (χ3n) is 2.86. The molecule has 0 atom stereocenters. The van der Waals surface area contributed by atoms with Crippen molar-refractivity contribution in [3.8, 4) is 0 Å². The summed E-state index contributed by atoms with van der Waals surface area (Å²) in [6.07, 6.45) is -0.105. The lowest BCUT2D eigenvalue weighted by molar-refractivity contribution is -0.137. The minimum Gasteiger partial charge on any atom is -0.481 e. The highest BCUT2D eigenvalue weighted by Gasteiger charge is 2.11. The molecule has 1 rings (SSSR count). The lowest BCUT2D eigenvalue weighted by Crippen LogP contribution is -2.33. The number of anilines is 1. The topological polar surface area (TPSA) is 86.7 Å². The molecule has 0 aliphatic carbocycles. The number of carboxylic acids is 1. The first kappa shape index (κ1) is 15.7. The van der Waals surface area contributed by atoms with E-state index in [1.165, 1.54) is 18.9 Å². The highest BCUT2D eigenvalue weighted by atomic mass is 16.4. The number of ketones is 1. The zero-order valence-electron chi connectivity index (χ0n) is 11.8. The Morgan fingerprint density at radius 2 is 1.95 bits per heavy atom. The van der Waals surface area contributed by atoms with Crippen LogP contribution in [-0.2, 0) is 4.79 Å².